The third kappa shape index (κ3) is 13.2. The highest BCUT2D eigenvalue weighted by molar-refractivity contribution is 5.22. The zero-order valence-corrected chi connectivity index (χ0v) is 16.4. The van der Waals surface area contributed by atoms with Crippen LogP contribution in [0.3, 0.4) is 0 Å². The van der Waals surface area contributed by atoms with Crippen molar-refractivity contribution in [3.05, 3.63) is 71.8 Å². The molecule has 0 fully saturated rings. The Bertz CT molecular complexity index is 515. The van der Waals surface area contributed by atoms with Crippen molar-refractivity contribution >= 4 is 0 Å². The first-order chi connectivity index (χ1) is 11.2. The Morgan fingerprint density at radius 1 is 0.480 bits per heavy atom. The van der Waals surface area contributed by atoms with Gasteiger partial charge in [0.05, 0.1) is 0 Å². The Kier molecular flexibility index (Phi) is 8.96. The van der Waals surface area contributed by atoms with E-state index in [9.17, 15) is 13.2 Å². The van der Waals surface area contributed by atoms with E-state index in [0.717, 1.165) is 0 Å². The molecule has 0 aliphatic rings. The van der Waals surface area contributed by atoms with Gasteiger partial charge in [0.25, 0.3) is 0 Å². The minimum absolute atomic E-state index is 0.188. The fraction of sp³-hybridized carbons (Fsp3) is 0.455. The van der Waals surface area contributed by atoms with Crippen LogP contribution in [0.5, 0.6) is 0 Å². The number of benzene rings is 2. The van der Waals surface area contributed by atoms with Crippen molar-refractivity contribution in [2.24, 2.45) is 0 Å². The van der Waals surface area contributed by atoms with Gasteiger partial charge in [0.2, 0.25) is 0 Å². The summed E-state index contributed by atoms with van der Waals surface area (Å²) in [4.78, 5) is 0. The van der Waals surface area contributed by atoms with Crippen LogP contribution in [-0.4, -0.2) is 6.18 Å². The molecule has 2 rings (SSSR count). The molecule has 0 heterocycles. The second-order valence-corrected chi connectivity index (χ2v) is 8.01. The molecule has 0 bridgehead atoms. The molecular weight excluding hydrogens is 321 g/mol. The van der Waals surface area contributed by atoms with Gasteiger partial charge in [-0.25, -0.2) is 0 Å². The van der Waals surface area contributed by atoms with Gasteiger partial charge < -0.3 is 0 Å². The summed E-state index contributed by atoms with van der Waals surface area (Å²) in [6.45, 7) is 13.5. The van der Waals surface area contributed by atoms with Gasteiger partial charge in [0.1, 0.15) is 0 Å². The number of hydrogen-bond acceptors (Lipinski definition) is 0. The van der Waals surface area contributed by atoms with E-state index in [1.165, 1.54) is 11.1 Å². The molecular formula is C22H31F3. The normalized spacial score (nSPS) is 11.6. The average molecular weight is 352 g/mol. The lowest BCUT2D eigenvalue weighted by atomic mass is 9.87. The van der Waals surface area contributed by atoms with Crippen LogP contribution in [0.4, 0.5) is 13.2 Å². The molecule has 0 aliphatic heterocycles. The molecule has 0 aliphatic carbocycles. The molecule has 0 atom stereocenters. The van der Waals surface area contributed by atoms with E-state index in [1.54, 1.807) is 0 Å². The molecule has 0 saturated carbocycles. The molecule has 2 aromatic rings. The molecule has 0 saturated heterocycles. The molecule has 0 unspecified atom stereocenters. The summed E-state index contributed by atoms with van der Waals surface area (Å²) in [5.41, 5.74) is 3.38. The minimum Gasteiger partial charge on any atom is -0.172 e. The van der Waals surface area contributed by atoms with Crippen LogP contribution >= 0.6 is 0 Å². The lowest BCUT2D eigenvalue weighted by Gasteiger charge is -2.18. The molecule has 0 nitrogen and oxygen atoms in total. The summed E-state index contributed by atoms with van der Waals surface area (Å²) in [5.74, 6) is 0. The predicted octanol–water partition coefficient (Wildman–Crippen LogP) is 7.54. The smallest absolute Gasteiger partial charge is 0.172 e. The minimum atomic E-state index is -4.00. The van der Waals surface area contributed by atoms with E-state index in [1.807, 2.05) is 0 Å². The zero-order valence-electron chi connectivity index (χ0n) is 16.4. The Labute approximate surface area is 151 Å². The van der Waals surface area contributed by atoms with Gasteiger partial charge in [0.15, 0.2) is 0 Å². The second-order valence-electron chi connectivity index (χ2n) is 8.01. The standard InChI is InChI=1S/2C10H14.C2H3F3/c2*1-10(2,3)9-7-5-4-6-8-9;1-2(3,4)5/h2*4-8H,1-3H3;1H3. The van der Waals surface area contributed by atoms with Crippen molar-refractivity contribution in [3.63, 3.8) is 0 Å². The van der Waals surface area contributed by atoms with Crippen LogP contribution in [0.2, 0.25) is 0 Å². The maximum absolute atomic E-state index is 10.4. The zero-order chi connectivity index (χ0) is 19.7. The van der Waals surface area contributed by atoms with Crippen molar-refractivity contribution in [3.8, 4) is 0 Å². The highest BCUT2D eigenvalue weighted by atomic mass is 19.4. The Hall–Kier alpha value is -1.77. The van der Waals surface area contributed by atoms with Gasteiger partial charge >= 0.3 is 6.18 Å². The molecule has 25 heavy (non-hydrogen) atoms. The molecule has 0 aromatic heterocycles. The van der Waals surface area contributed by atoms with Crippen LogP contribution in [0.1, 0.15) is 59.6 Å². The molecule has 0 amide bonds. The van der Waals surface area contributed by atoms with E-state index in [-0.39, 0.29) is 6.92 Å². The van der Waals surface area contributed by atoms with Gasteiger partial charge in [-0.2, -0.15) is 13.2 Å². The summed E-state index contributed by atoms with van der Waals surface area (Å²) < 4.78 is 31.1. The summed E-state index contributed by atoms with van der Waals surface area (Å²) in [6.07, 6.45) is -4.00. The first-order valence-corrected chi connectivity index (χ1v) is 8.39. The maximum Gasteiger partial charge on any atom is 0.386 e. The van der Waals surface area contributed by atoms with E-state index in [4.69, 9.17) is 0 Å². The number of hydrogen-bond donors (Lipinski definition) is 0. The second kappa shape index (κ2) is 9.65. The SMILES string of the molecule is CC(C)(C)c1ccccc1.CC(C)(C)c1ccccc1.CC(F)(F)F. The summed E-state index contributed by atoms with van der Waals surface area (Å²) >= 11 is 0. The van der Waals surface area contributed by atoms with Crippen LogP contribution < -0.4 is 0 Å². The number of halogens is 3. The van der Waals surface area contributed by atoms with Gasteiger partial charge in [-0.15, -0.1) is 0 Å². The van der Waals surface area contributed by atoms with E-state index < -0.39 is 6.18 Å². The topological polar surface area (TPSA) is 0 Å². The third-order valence-electron chi connectivity index (χ3n) is 3.28. The third-order valence-corrected chi connectivity index (χ3v) is 3.28. The molecule has 0 spiro atoms. The Morgan fingerprint density at radius 2 is 0.680 bits per heavy atom. The molecule has 0 N–H and O–H groups in total. The quantitative estimate of drug-likeness (QED) is 0.459. The number of alkyl halides is 3. The van der Waals surface area contributed by atoms with E-state index in [0.29, 0.717) is 10.8 Å². The Balaban J connectivity index is 0.000000368. The van der Waals surface area contributed by atoms with Gasteiger partial charge in [-0.3, -0.25) is 0 Å². The fourth-order valence-corrected chi connectivity index (χ4v) is 1.88. The average Bonchev–Trinajstić information content (AvgIpc) is 2.46. The van der Waals surface area contributed by atoms with Crippen molar-refractivity contribution in [1.82, 2.24) is 0 Å². The van der Waals surface area contributed by atoms with Crippen molar-refractivity contribution in [2.75, 3.05) is 0 Å². The van der Waals surface area contributed by atoms with Crippen LogP contribution in [0.25, 0.3) is 0 Å². The first kappa shape index (κ1) is 23.2. The van der Waals surface area contributed by atoms with Gasteiger partial charge in [0, 0.05) is 6.92 Å². The van der Waals surface area contributed by atoms with E-state index >= 15 is 0 Å². The molecule has 0 radical (unpaired) electrons. The highest BCUT2D eigenvalue weighted by Crippen LogP contribution is 2.21. The fourth-order valence-electron chi connectivity index (χ4n) is 1.88. The first-order valence-electron chi connectivity index (χ1n) is 8.39. The van der Waals surface area contributed by atoms with Gasteiger partial charge in [-0.05, 0) is 22.0 Å². The van der Waals surface area contributed by atoms with Gasteiger partial charge in [-0.1, -0.05) is 102 Å². The van der Waals surface area contributed by atoms with Crippen LogP contribution in [0.15, 0.2) is 60.7 Å². The Morgan fingerprint density at radius 3 is 0.800 bits per heavy atom. The monoisotopic (exact) mass is 352 g/mol. The molecule has 3 heteroatoms. The lowest BCUT2D eigenvalue weighted by Crippen LogP contribution is -2.10. The summed E-state index contributed by atoms with van der Waals surface area (Å²) in [6, 6.07) is 21.1. The largest absolute Gasteiger partial charge is 0.386 e. The summed E-state index contributed by atoms with van der Waals surface area (Å²) in [5, 5.41) is 0. The molecule has 2 aromatic carbocycles. The highest BCUT2D eigenvalue weighted by Gasteiger charge is 2.15. The van der Waals surface area contributed by atoms with Crippen molar-refractivity contribution in [1.29, 1.82) is 0 Å². The van der Waals surface area contributed by atoms with Crippen LogP contribution in [0, 0.1) is 0 Å². The predicted molar refractivity (Wildman–Crippen MR) is 102 cm³/mol. The lowest BCUT2D eigenvalue weighted by molar-refractivity contribution is -0.110. The van der Waals surface area contributed by atoms with Crippen LogP contribution in [-0.2, 0) is 10.8 Å². The number of rotatable bonds is 0. The summed E-state index contributed by atoms with van der Waals surface area (Å²) in [7, 11) is 0. The van der Waals surface area contributed by atoms with E-state index in [2.05, 4.69) is 102 Å². The maximum atomic E-state index is 10.4. The van der Waals surface area contributed by atoms with Crippen molar-refractivity contribution in [2.45, 2.75) is 65.5 Å². The molecule has 140 valence electrons. The van der Waals surface area contributed by atoms with Crippen molar-refractivity contribution < 1.29 is 13.2 Å².